The van der Waals surface area contributed by atoms with Crippen LogP contribution < -0.4 is 0 Å². The third-order valence-corrected chi connectivity index (χ3v) is 0. The van der Waals surface area contributed by atoms with Gasteiger partial charge in [-0.05, 0) is 0 Å². The number of rotatable bonds is 0. The zero-order valence-corrected chi connectivity index (χ0v) is 8.50. The fraction of sp³-hybridized carbons (Fsp3) is 0.250. The Labute approximate surface area is 74.0 Å². The fourth-order valence-corrected chi connectivity index (χ4v) is 0. The molecule has 0 aromatic heterocycles. The van der Waals surface area contributed by atoms with Crippen molar-refractivity contribution < 1.29 is 25.8 Å². The largest absolute Gasteiger partial charge is 3.00 e. The van der Waals surface area contributed by atoms with Gasteiger partial charge in [-0.1, -0.05) is 0 Å². The zero-order valence-electron chi connectivity index (χ0n) is 6.70. The van der Waals surface area contributed by atoms with E-state index >= 15 is 0 Å². The average molecular weight is 170 g/mol. The van der Waals surface area contributed by atoms with Gasteiger partial charge in [0.25, 0.3) is 0 Å². The van der Waals surface area contributed by atoms with Crippen molar-refractivity contribution in [3.8, 4) is 0 Å². The fourth-order valence-electron chi connectivity index (χ4n) is 0. The Morgan fingerprint density at radius 3 is 1.29 bits per heavy atom. The normalized spacial score (nSPS) is 9.71. The van der Waals surface area contributed by atoms with Crippen LogP contribution in [0.1, 0.15) is 6.92 Å². The first-order valence-corrected chi connectivity index (χ1v) is 2.83. The molecule has 0 amide bonds. The standard InChI is InChI=1S/C2H5.2CH4P.Sc/c3*1-2;/h1H2,2H3;2*1-2H2;/q3*-1;+3/i;2*2D;. The van der Waals surface area contributed by atoms with Gasteiger partial charge in [0.1, 0.15) is 0 Å². The molecule has 0 aromatic carbocycles. The molecular weight excluding hydrogens is 155 g/mol. The average Bonchev–Trinajstić information content (AvgIpc) is 1.75. The predicted octanol–water partition coefficient (Wildman–Crippen LogP) is 2.14. The van der Waals surface area contributed by atoms with Gasteiger partial charge in [-0.3, -0.25) is 0 Å². The van der Waals surface area contributed by atoms with Crippen LogP contribution in [-0.4, -0.2) is 2.56 Å². The molecule has 42 valence electrons. The van der Waals surface area contributed by atoms with E-state index in [1.807, 2.05) is 0 Å². The van der Waals surface area contributed by atoms with Crippen LogP contribution >= 0.6 is 18.4 Å². The molecule has 3 heteroatoms. The van der Waals surface area contributed by atoms with Gasteiger partial charge in [-0.25, -0.2) is 0 Å². The molecule has 0 bridgehead atoms. The quantitative estimate of drug-likeness (QED) is 0.386. The van der Waals surface area contributed by atoms with Crippen LogP contribution in [0, 0.1) is 20.3 Å². The zero-order chi connectivity index (χ0) is 7.41. The Bertz CT molecular complexity index is 18.5. The summed E-state index contributed by atoms with van der Waals surface area (Å²) in [6.07, 6.45) is 0. The molecule has 0 aliphatic rings. The summed E-state index contributed by atoms with van der Waals surface area (Å²) in [5, 5.41) is 0. The minimum atomic E-state index is 0. The van der Waals surface area contributed by atoms with Crippen molar-refractivity contribution in [2.24, 2.45) is 0 Å². The van der Waals surface area contributed by atoms with Crippen molar-refractivity contribution in [3.05, 3.63) is 20.3 Å². The second-order valence-corrected chi connectivity index (χ2v) is 0. The Morgan fingerprint density at radius 2 is 1.29 bits per heavy atom. The molecule has 7 heavy (non-hydrogen) atoms. The van der Waals surface area contributed by atoms with Gasteiger partial charge in [0.15, 0.2) is 0 Å². The van der Waals surface area contributed by atoms with E-state index in [1.54, 1.807) is 6.92 Å². The van der Waals surface area contributed by atoms with Crippen molar-refractivity contribution in [2.75, 3.05) is 0 Å². The first-order chi connectivity index (χ1) is 3.83. The van der Waals surface area contributed by atoms with Gasteiger partial charge >= 0.3 is 25.8 Å². The Kier molecular flexibility index (Phi) is 192. The summed E-state index contributed by atoms with van der Waals surface area (Å²) in [5.74, 6) is 0. The van der Waals surface area contributed by atoms with Crippen LogP contribution in [0.3, 0.4) is 0 Å². The third kappa shape index (κ3) is 84.8. The molecule has 0 saturated carbocycles. The number of hydrogen-bond acceptors (Lipinski definition) is 0. The van der Waals surface area contributed by atoms with Crippen LogP contribution in [0.5, 0.6) is 0 Å². The van der Waals surface area contributed by atoms with E-state index in [1.165, 1.54) is 0 Å². The Balaban J connectivity index is -0.0000000202. The molecule has 0 aliphatic carbocycles. The SMILES string of the molecule is [2H]P[CH2-].[2H]P[CH2-].[CH2-]C.[Sc+3]. The summed E-state index contributed by atoms with van der Waals surface area (Å²) in [6, 6.07) is 0. The van der Waals surface area contributed by atoms with E-state index in [4.69, 9.17) is 2.56 Å². The van der Waals surface area contributed by atoms with Gasteiger partial charge in [0.05, 0.1) is 0 Å². The first kappa shape index (κ1) is 11.5. The second kappa shape index (κ2) is 117. The minimum Gasteiger partial charge on any atom is -0.346 e. The molecule has 0 heterocycles. The molecule has 0 nitrogen and oxygen atoms in total. The van der Waals surface area contributed by atoms with Crippen LogP contribution in [0.15, 0.2) is 0 Å². The Hall–Kier alpha value is 1.73. The molecule has 0 rings (SSSR count). The van der Waals surface area contributed by atoms with Gasteiger partial charge < -0.3 is 38.6 Å². The molecule has 0 fully saturated rings. The monoisotopic (exact) mass is 170 g/mol. The van der Waals surface area contributed by atoms with Crippen LogP contribution in [0.25, 0.3) is 0 Å². The predicted molar refractivity (Wildman–Crippen MR) is 41.2 cm³/mol. The van der Waals surface area contributed by atoms with Gasteiger partial charge in [0, 0.05) is 2.56 Å². The maximum atomic E-state index is 6.12. The van der Waals surface area contributed by atoms with Crippen molar-refractivity contribution in [2.45, 2.75) is 6.92 Å². The third-order valence-electron chi connectivity index (χ3n) is 0. The van der Waals surface area contributed by atoms with Crippen molar-refractivity contribution in [1.82, 2.24) is 0 Å². The summed E-state index contributed by atoms with van der Waals surface area (Å²) in [6.45, 7) is 11.4. The van der Waals surface area contributed by atoms with Crippen LogP contribution in [0.4, 0.5) is 0 Å². The minimum absolute atomic E-state index is 0. The molecule has 0 aliphatic heterocycles. The molecule has 0 saturated heterocycles. The van der Waals surface area contributed by atoms with E-state index < -0.39 is 0 Å². The number of hydrogen-bond donors (Lipinski definition) is 0. The van der Waals surface area contributed by atoms with E-state index in [9.17, 15) is 0 Å². The van der Waals surface area contributed by atoms with Crippen molar-refractivity contribution in [1.29, 1.82) is 2.56 Å². The van der Waals surface area contributed by atoms with Gasteiger partial charge in [-0.15, -0.1) is 0 Å². The topological polar surface area (TPSA) is 0 Å². The van der Waals surface area contributed by atoms with Crippen molar-refractivity contribution >= 4 is 18.4 Å². The smallest absolute Gasteiger partial charge is 0.346 e. The summed E-state index contributed by atoms with van der Waals surface area (Å²) in [7, 11) is 0.167. The maximum absolute atomic E-state index is 6.12. The molecular formula is C4H13P2Sc. The Morgan fingerprint density at radius 1 is 1.29 bits per heavy atom. The van der Waals surface area contributed by atoms with E-state index in [-0.39, 0.29) is 44.2 Å². The summed E-state index contributed by atoms with van der Waals surface area (Å²) < 4.78 is 12.2. The maximum Gasteiger partial charge on any atom is 3.00 e. The molecule has 2 unspecified atom stereocenters. The van der Waals surface area contributed by atoms with Gasteiger partial charge in [-0.2, -0.15) is 6.92 Å². The summed E-state index contributed by atoms with van der Waals surface area (Å²) in [5.41, 5.74) is 0. The van der Waals surface area contributed by atoms with E-state index in [0.29, 0.717) is 0 Å². The van der Waals surface area contributed by atoms with Crippen LogP contribution in [-0.2, 0) is 25.8 Å². The molecule has 0 N–H and O–H groups in total. The first-order valence-electron chi connectivity index (χ1n) is 2.41. The summed E-state index contributed by atoms with van der Waals surface area (Å²) >= 11 is 0. The van der Waals surface area contributed by atoms with Gasteiger partial charge in [0.2, 0.25) is 0 Å². The van der Waals surface area contributed by atoms with E-state index in [2.05, 4.69) is 20.3 Å². The molecule has 0 radical (unpaired) electrons. The van der Waals surface area contributed by atoms with Crippen LogP contribution in [0.2, 0.25) is 0 Å². The molecule has 0 spiro atoms. The molecule has 2 atom stereocenters. The van der Waals surface area contributed by atoms with E-state index in [0.717, 1.165) is 0 Å². The summed E-state index contributed by atoms with van der Waals surface area (Å²) in [4.78, 5) is 0. The van der Waals surface area contributed by atoms with Crippen molar-refractivity contribution in [3.63, 3.8) is 0 Å². The second-order valence-electron chi connectivity index (χ2n) is 0. The molecule has 0 aromatic rings.